The summed E-state index contributed by atoms with van der Waals surface area (Å²) in [6.07, 6.45) is 13.4. The summed E-state index contributed by atoms with van der Waals surface area (Å²) in [5, 5.41) is 0. The molecule has 2 aliphatic carbocycles. The molecule has 132 valence electrons. The third kappa shape index (κ3) is 6.95. The van der Waals surface area contributed by atoms with Gasteiger partial charge < -0.3 is 48.0 Å². The molecule has 0 nitrogen and oxygen atoms in total. The summed E-state index contributed by atoms with van der Waals surface area (Å²) >= 11 is 0. The van der Waals surface area contributed by atoms with Crippen LogP contribution in [-0.2, 0) is 45.1 Å². The van der Waals surface area contributed by atoms with Gasteiger partial charge in [-0.2, -0.15) is 28.3 Å². The Balaban J connectivity index is 0.000000416. The van der Waals surface area contributed by atoms with E-state index < -0.39 is 0 Å². The van der Waals surface area contributed by atoms with Gasteiger partial charge in [-0.1, -0.05) is 76.5 Å². The number of rotatable bonds is 2. The molecule has 2 aromatic rings. The molecule has 3 heteroatoms. The number of benzene rings is 1. The van der Waals surface area contributed by atoms with Crippen LogP contribution in [0.5, 0.6) is 0 Å². The van der Waals surface area contributed by atoms with Crippen LogP contribution in [0.4, 0.5) is 0 Å². The second kappa shape index (κ2) is 12.9. The molecule has 1 atom stereocenters. The standard InChI is InChI=1S/C12H17.C10H9.Hf.2HI/c1-2-5-10-8-11-6-3-4-7-12(11)9-10;1-8-6-7-9-4-2-3-5-10(8)9;;;/h8-9H,2-7H2,1H3;2-5,7-8H,1H3;;2*1H/q2*-1;+4;;/p-2. The molecule has 0 spiro atoms. The second-order valence-corrected chi connectivity index (χ2v) is 6.53. The Morgan fingerprint density at radius 2 is 1.84 bits per heavy atom. The number of aryl methyl sites for hydroxylation is 3. The maximum atomic E-state index is 3.26. The molecule has 0 radical (unpaired) electrons. The van der Waals surface area contributed by atoms with Crippen molar-refractivity contribution in [2.75, 3.05) is 0 Å². The molecule has 2 aliphatic rings. The molecule has 4 rings (SSSR count). The van der Waals surface area contributed by atoms with Crippen LogP contribution in [0.1, 0.15) is 66.8 Å². The zero-order valence-corrected chi connectivity index (χ0v) is 23.0. The molecule has 2 aromatic carbocycles. The van der Waals surface area contributed by atoms with Crippen molar-refractivity contribution in [3.63, 3.8) is 0 Å². The quantitative estimate of drug-likeness (QED) is 0.231. The van der Waals surface area contributed by atoms with Gasteiger partial charge in [0, 0.05) is 0 Å². The third-order valence-electron chi connectivity index (χ3n) is 4.76. The number of fused-ring (bicyclic) bond motifs is 2. The average Bonchev–Trinajstić information content (AvgIpc) is 3.12. The van der Waals surface area contributed by atoms with E-state index in [-0.39, 0.29) is 73.8 Å². The average molecular weight is 723 g/mol. The molecule has 0 aromatic heterocycles. The SMILES string of the molecule is CC1[C-]=Cc2ccccc21.CCCc1cc2c([cH-]1)CCCC2.[Hf+4].[I-].[I-]. The molecule has 0 saturated carbocycles. The normalized spacial score (nSPS) is 16.2. The maximum absolute atomic E-state index is 3.26. The molecule has 0 bridgehead atoms. The smallest absolute Gasteiger partial charge is 1.00 e. The van der Waals surface area contributed by atoms with Gasteiger partial charge in [-0.3, -0.25) is 6.08 Å². The summed E-state index contributed by atoms with van der Waals surface area (Å²) in [5.74, 6) is 0.496. The number of hydrogen-bond donors (Lipinski definition) is 0. The molecule has 0 N–H and O–H groups in total. The van der Waals surface area contributed by atoms with Crippen LogP contribution in [0.3, 0.4) is 0 Å². The van der Waals surface area contributed by atoms with Gasteiger partial charge in [0.1, 0.15) is 0 Å². The zero-order chi connectivity index (χ0) is 15.4. The first-order chi connectivity index (χ1) is 10.8. The second-order valence-electron chi connectivity index (χ2n) is 6.53. The van der Waals surface area contributed by atoms with Crippen molar-refractivity contribution in [3.05, 3.63) is 70.3 Å². The van der Waals surface area contributed by atoms with Crippen LogP contribution in [-0.4, -0.2) is 0 Å². The van der Waals surface area contributed by atoms with Crippen LogP contribution in [0, 0.1) is 6.08 Å². The van der Waals surface area contributed by atoms with E-state index in [1.54, 1.807) is 16.7 Å². The van der Waals surface area contributed by atoms with Crippen LogP contribution in [0.15, 0.2) is 36.4 Å². The number of allylic oxidation sites excluding steroid dienone is 1. The maximum Gasteiger partial charge on any atom is 4.00 e. The van der Waals surface area contributed by atoms with Gasteiger partial charge in [0.05, 0.1) is 0 Å². The van der Waals surface area contributed by atoms with E-state index in [1.165, 1.54) is 49.7 Å². The topological polar surface area (TPSA) is 0 Å². The van der Waals surface area contributed by atoms with Crippen molar-refractivity contribution >= 4 is 6.08 Å². The van der Waals surface area contributed by atoms with Gasteiger partial charge in [-0.05, 0) is 0 Å². The molecule has 0 fully saturated rings. The van der Waals surface area contributed by atoms with Crippen molar-refractivity contribution in [3.8, 4) is 0 Å². The summed E-state index contributed by atoms with van der Waals surface area (Å²) in [6.45, 7) is 4.42. The first-order valence-electron chi connectivity index (χ1n) is 8.73. The summed E-state index contributed by atoms with van der Waals surface area (Å²) in [4.78, 5) is 0. The van der Waals surface area contributed by atoms with E-state index in [0.29, 0.717) is 5.92 Å². The molecule has 0 aliphatic heterocycles. The van der Waals surface area contributed by atoms with E-state index in [9.17, 15) is 0 Å². The third-order valence-corrected chi connectivity index (χ3v) is 4.76. The molecule has 1 unspecified atom stereocenters. The van der Waals surface area contributed by atoms with E-state index in [1.807, 2.05) is 0 Å². The summed E-state index contributed by atoms with van der Waals surface area (Å²) in [7, 11) is 0. The van der Waals surface area contributed by atoms with E-state index in [2.05, 4.69) is 62.4 Å². The molecule has 0 heterocycles. The Bertz CT molecular complexity index is 634. The number of hydrogen-bond acceptors (Lipinski definition) is 0. The van der Waals surface area contributed by atoms with Crippen molar-refractivity contribution in [2.24, 2.45) is 0 Å². The fourth-order valence-electron chi connectivity index (χ4n) is 3.55. The van der Waals surface area contributed by atoms with Crippen LogP contribution < -0.4 is 48.0 Å². The molecular weight excluding hydrogens is 697 g/mol. The summed E-state index contributed by atoms with van der Waals surface area (Å²) in [6, 6.07) is 13.3. The van der Waals surface area contributed by atoms with Crippen LogP contribution in [0.2, 0.25) is 0 Å². The van der Waals surface area contributed by atoms with Gasteiger partial charge in [0.2, 0.25) is 0 Å². The van der Waals surface area contributed by atoms with E-state index in [4.69, 9.17) is 0 Å². The summed E-state index contributed by atoms with van der Waals surface area (Å²) < 4.78 is 0. The van der Waals surface area contributed by atoms with Crippen molar-refractivity contribution in [1.29, 1.82) is 0 Å². The molecule has 25 heavy (non-hydrogen) atoms. The fraction of sp³-hybridized carbons (Fsp3) is 0.409. The summed E-state index contributed by atoms with van der Waals surface area (Å²) in [5.41, 5.74) is 7.59. The monoisotopic (exact) mass is 724 g/mol. The van der Waals surface area contributed by atoms with Crippen LogP contribution in [0.25, 0.3) is 6.08 Å². The predicted octanol–water partition coefficient (Wildman–Crippen LogP) is -0.138. The van der Waals surface area contributed by atoms with Crippen molar-refractivity contribution < 1.29 is 73.8 Å². The van der Waals surface area contributed by atoms with E-state index in [0.717, 1.165) is 0 Å². The Kier molecular flexibility index (Phi) is 13.3. The van der Waals surface area contributed by atoms with Crippen molar-refractivity contribution in [1.82, 2.24) is 0 Å². The Hall–Kier alpha value is 0.640. The number of halogens is 2. The van der Waals surface area contributed by atoms with Gasteiger partial charge in [0.15, 0.2) is 0 Å². The van der Waals surface area contributed by atoms with Gasteiger partial charge in [0.25, 0.3) is 0 Å². The molecule has 0 saturated heterocycles. The van der Waals surface area contributed by atoms with Gasteiger partial charge in [-0.15, -0.1) is 11.6 Å². The predicted molar refractivity (Wildman–Crippen MR) is 95.2 cm³/mol. The van der Waals surface area contributed by atoms with Gasteiger partial charge >= 0.3 is 25.8 Å². The van der Waals surface area contributed by atoms with E-state index >= 15 is 0 Å². The zero-order valence-electron chi connectivity index (χ0n) is 15.1. The molecular formula is C22H26HfI2. The minimum Gasteiger partial charge on any atom is -1.00 e. The first kappa shape index (κ1) is 25.6. The van der Waals surface area contributed by atoms with Gasteiger partial charge in [-0.25, -0.2) is 12.1 Å². The van der Waals surface area contributed by atoms with Crippen molar-refractivity contribution in [2.45, 2.75) is 58.3 Å². The Morgan fingerprint density at radius 3 is 2.52 bits per heavy atom. The first-order valence-corrected chi connectivity index (χ1v) is 8.73. The minimum absolute atomic E-state index is 0. The largest absolute Gasteiger partial charge is 4.00 e. The van der Waals surface area contributed by atoms with Crippen LogP contribution >= 0.6 is 0 Å². The Labute approximate surface area is 206 Å². The minimum atomic E-state index is 0. The Morgan fingerprint density at radius 1 is 1.12 bits per heavy atom. The fourth-order valence-corrected chi connectivity index (χ4v) is 3.55. The molecule has 0 amide bonds.